The normalized spacial score (nSPS) is 11.8. The number of amides is 1. The van der Waals surface area contributed by atoms with E-state index in [2.05, 4.69) is 20.7 Å². The number of nitrogens with two attached hydrogens (primary N) is 1. The molecule has 1 unspecified atom stereocenters. The molecule has 2 rings (SSSR count). The second-order valence-corrected chi connectivity index (χ2v) is 4.15. The van der Waals surface area contributed by atoms with E-state index in [1.807, 2.05) is 0 Å². The van der Waals surface area contributed by atoms with E-state index in [9.17, 15) is 9.18 Å². The molecule has 20 heavy (non-hydrogen) atoms. The Morgan fingerprint density at radius 3 is 2.80 bits per heavy atom. The van der Waals surface area contributed by atoms with Gasteiger partial charge in [0.25, 0.3) is 5.91 Å². The summed E-state index contributed by atoms with van der Waals surface area (Å²) in [5.74, 6) is 4.65. The van der Waals surface area contributed by atoms with Crippen molar-refractivity contribution in [3.8, 4) is 0 Å². The average molecular weight is 275 g/mol. The van der Waals surface area contributed by atoms with Crippen molar-refractivity contribution in [2.45, 2.75) is 13.0 Å². The zero-order chi connectivity index (χ0) is 14.5. The van der Waals surface area contributed by atoms with Crippen molar-refractivity contribution in [3.63, 3.8) is 0 Å². The lowest BCUT2D eigenvalue weighted by molar-refractivity contribution is 0.0934. The van der Waals surface area contributed by atoms with E-state index in [1.54, 1.807) is 25.1 Å². The molecule has 0 radical (unpaired) electrons. The van der Waals surface area contributed by atoms with Crippen molar-refractivity contribution in [1.82, 2.24) is 15.3 Å². The van der Waals surface area contributed by atoms with Gasteiger partial charge in [0, 0.05) is 5.56 Å². The Labute approximate surface area is 115 Å². The van der Waals surface area contributed by atoms with Gasteiger partial charge >= 0.3 is 0 Å². The van der Waals surface area contributed by atoms with Gasteiger partial charge in [-0.15, -0.1) is 0 Å². The van der Waals surface area contributed by atoms with Crippen molar-refractivity contribution < 1.29 is 9.18 Å². The molecule has 1 amide bonds. The number of benzene rings is 1. The molecule has 0 fully saturated rings. The summed E-state index contributed by atoms with van der Waals surface area (Å²) in [6.45, 7) is 1.69. The first kappa shape index (κ1) is 13.9. The maximum Gasteiger partial charge on any atom is 0.272 e. The fraction of sp³-hybridized carbons (Fsp3) is 0.154. The Hall–Kier alpha value is -2.54. The summed E-state index contributed by atoms with van der Waals surface area (Å²) in [7, 11) is 0. The van der Waals surface area contributed by atoms with E-state index in [0.717, 1.165) is 0 Å². The van der Waals surface area contributed by atoms with Crippen LogP contribution in [-0.2, 0) is 0 Å². The highest BCUT2D eigenvalue weighted by atomic mass is 19.1. The van der Waals surface area contributed by atoms with Crippen molar-refractivity contribution in [2.75, 3.05) is 5.43 Å². The third-order valence-corrected chi connectivity index (χ3v) is 2.73. The SMILES string of the molecule is CC(NC(=O)c1cncc(NN)n1)c1ccccc1F. The summed E-state index contributed by atoms with van der Waals surface area (Å²) in [4.78, 5) is 19.8. The Balaban J connectivity index is 2.13. The Morgan fingerprint density at radius 2 is 2.10 bits per heavy atom. The lowest BCUT2D eigenvalue weighted by Crippen LogP contribution is -2.28. The Bertz CT molecular complexity index is 619. The fourth-order valence-corrected chi connectivity index (χ4v) is 1.72. The predicted molar refractivity (Wildman–Crippen MR) is 72.1 cm³/mol. The standard InChI is InChI=1S/C13H14FN5O/c1-8(9-4-2-3-5-10(9)14)17-13(20)11-6-16-7-12(18-11)19-15/h2-8H,15H2,1H3,(H,17,20)(H,18,19). The van der Waals surface area contributed by atoms with Gasteiger partial charge in [0.15, 0.2) is 5.82 Å². The van der Waals surface area contributed by atoms with Crippen LogP contribution in [0.5, 0.6) is 0 Å². The molecule has 1 aromatic heterocycles. The van der Waals surface area contributed by atoms with Crippen molar-refractivity contribution in [3.05, 3.63) is 53.7 Å². The lowest BCUT2D eigenvalue weighted by Gasteiger charge is -2.14. The van der Waals surface area contributed by atoms with E-state index in [4.69, 9.17) is 5.84 Å². The Morgan fingerprint density at radius 1 is 1.35 bits per heavy atom. The molecule has 1 atom stereocenters. The molecule has 7 heteroatoms. The number of hydrogen-bond acceptors (Lipinski definition) is 5. The fourth-order valence-electron chi connectivity index (χ4n) is 1.72. The second kappa shape index (κ2) is 6.07. The van der Waals surface area contributed by atoms with Gasteiger partial charge < -0.3 is 10.7 Å². The van der Waals surface area contributed by atoms with Crippen LogP contribution < -0.4 is 16.6 Å². The molecule has 2 aromatic rings. The van der Waals surface area contributed by atoms with Gasteiger partial charge in [-0.1, -0.05) is 18.2 Å². The van der Waals surface area contributed by atoms with Gasteiger partial charge in [0.05, 0.1) is 18.4 Å². The van der Waals surface area contributed by atoms with Crippen molar-refractivity contribution >= 4 is 11.7 Å². The lowest BCUT2D eigenvalue weighted by atomic mass is 10.1. The quantitative estimate of drug-likeness (QED) is 0.579. The number of anilines is 1. The predicted octanol–water partition coefficient (Wildman–Crippen LogP) is 1.39. The molecule has 0 aliphatic rings. The first-order valence-corrected chi connectivity index (χ1v) is 5.95. The Kier molecular flexibility index (Phi) is 4.21. The summed E-state index contributed by atoms with van der Waals surface area (Å²) in [5.41, 5.74) is 2.81. The molecule has 6 nitrogen and oxygen atoms in total. The van der Waals surface area contributed by atoms with E-state index >= 15 is 0 Å². The highest BCUT2D eigenvalue weighted by Crippen LogP contribution is 2.16. The van der Waals surface area contributed by atoms with Gasteiger partial charge in [-0.3, -0.25) is 9.78 Å². The maximum atomic E-state index is 13.6. The number of aromatic nitrogens is 2. The monoisotopic (exact) mass is 275 g/mol. The molecular weight excluding hydrogens is 261 g/mol. The third kappa shape index (κ3) is 3.07. The summed E-state index contributed by atoms with van der Waals surface area (Å²) in [6, 6.07) is 5.77. The number of nitrogen functional groups attached to an aromatic ring is 1. The molecule has 104 valence electrons. The van der Waals surface area contributed by atoms with E-state index < -0.39 is 11.9 Å². The molecule has 0 saturated carbocycles. The summed E-state index contributed by atoms with van der Waals surface area (Å²) in [6.07, 6.45) is 2.70. The highest BCUT2D eigenvalue weighted by Gasteiger charge is 2.15. The van der Waals surface area contributed by atoms with Crippen LogP contribution in [0.15, 0.2) is 36.7 Å². The molecule has 4 N–H and O–H groups in total. The topological polar surface area (TPSA) is 92.9 Å². The van der Waals surface area contributed by atoms with Gasteiger partial charge in [0.2, 0.25) is 0 Å². The van der Waals surface area contributed by atoms with E-state index in [-0.39, 0.29) is 17.3 Å². The number of hydrazine groups is 1. The molecule has 0 saturated heterocycles. The van der Waals surface area contributed by atoms with Crippen LogP contribution >= 0.6 is 0 Å². The first-order valence-electron chi connectivity index (χ1n) is 5.95. The minimum Gasteiger partial charge on any atom is -0.344 e. The zero-order valence-corrected chi connectivity index (χ0v) is 10.8. The molecular formula is C13H14FN5O. The number of halogens is 1. The summed E-state index contributed by atoms with van der Waals surface area (Å²) < 4.78 is 13.6. The van der Waals surface area contributed by atoms with Crippen LogP contribution in [0, 0.1) is 5.82 Å². The third-order valence-electron chi connectivity index (χ3n) is 2.73. The average Bonchev–Trinajstić information content (AvgIpc) is 2.47. The number of nitrogens with one attached hydrogen (secondary N) is 2. The van der Waals surface area contributed by atoms with Crippen LogP contribution in [0.4, 0.5) is 10.2 Å². The molecule has 1 heterocycles. The second-order valence-electron chi connectivity index (χ2n) is 4.15. The van der Waals surface area contributed by atoms with Crippen LogP contribution in [0.2, 0.25) is 0 Å². The molecule has 0 aliphatic heterocycles. The molecule has 0 bridgehead atoms. The van der Waals surface area contributed by atoms with Crippen molar-refractivity contribution in [1.29, 1.82) is 0 Å². The minimum atomic E-state index is -0.486. The van der Waals surface area contributed by atoms with E-state index in [0.29, 0.717) is 5.56 Å². The first-order chi connectivity index (χ1) is 9.61. The van der Waals surface area contributed by atoms with Crippen LogP contribution in [0.3, 0.4) is 0 Å². The van der Waals surface area contributed by atoms with Gasteiger partial charge in [-0.2, -0.15) is 0 Å². The number of rotatable bonds is 4. The molecule has 0 aliphatic carbocycles. The zero-order valence-electron chi connectivity index (χ0n) is 10.8. The maximum absolute atomic E-state index is 13.6. The number of nitrogens with zero attached hydrogens (tertiary/aromatic N) is 2. The highest BCUT2D eigenvalue weighted by molar-refractivity contribution is 5.92. The summed E-state index contributed by atoms with van der Waals surface area (Å²) >= 11 is 0. The van der Waals surface area contributed by atoms with Crippen LogP contribution in [0.25, 0.3) is 0 Å². The number of hydrogen-bond donors (Lipinski definition) is 3. The van der Waals surface area contributed by atoms with Crippen LogP contribution in [-0.4, -0.2) is 15.9 Å². The van der Waals surface area contributed by atoms with Gasteiger partial charge in [-0.05, 0) is 13.0 Å². The number of carbonyl (C=O) groups is 1. The summed E-state index contributed by atoms with van der Waals surface area (Å²) in [5, 5.41) is 2.65. The van der Waals surface area contributed by atoms with E-state index in [1.165, 1.54) is 18.5 Å². The van der Waals surface area contributed by atoms with Gasteiger partial charge in [0.1, 0.15) is 11.5 Å². The van der Waals surface area contributed by atoms with Crippen LogP contribution in [0.1, 0.15) is 29.0 Å². The smallest absolute Gasteiger partial charge is 0.272 e. The van der Waals surface area contributed by atoms with Crippen molar-refractivity contribution in [2.24, 2.45) is 5.84 Å². The molecule has 0 spiro atoms. The number of carbonyl (C=O) groups excluding carboxylic acids is 1. The largest absolute Gasteiger partial charge is 0.344 e. The molecule has 1 aromatic carbocycles. The van der Waals surface area contributed by atoms with Gasteiger partial charge in [-0.25, -0.2) is 15.2 Å². The minimum absolute atomic E-state index is 0.101.